The molecule has 0 aliphatic carbocycles. The number of pyridine rings is 1. The molecule has 8 aromatic rings. The van der Waals surface area contributed by atoms with Crippen LogP contribution in [0.3, 0.4) is 0 Å². The van der Waals surface area contributed by atoms with Crippen molar-refractivity contribution in [1.29, 1.82) is 0 Å². The van der Waals surface area contributed by atoms with Gasteiger partial charge < -0.3 is 4.57 Å². The van der Waals surface area contributed by atoms with Crippen molar-refractivity contribution in [1.82, 2.24) is 24.5 Å². The largest absolute Gasteiger partial charge is 0.316 e. The van der Waals surface area contributed by atoms with Crippen LogP contribution < -0.4 is 0 Å². The molecule has 0 unspecified atom stereocenters. The normalized spacial score (nSPS) is 11.3. The Morgan fingerprint density at radius 2 is 1.00 bits per heavy atom. The molecule has 0 saturated heterocycles. The molecule has 0 amide bonds. The summed E-state index contributed by atoms with van der Waals surface area (Å²) >= 11 is 0. The molecule has 202 valence electrons. The Kier molecular flexibility index (Phi) is 6.05. The standard InChI is InChI=1S/C38H25N5/c1-3-10-26(11-4-1)36-40-37(27-18-20-39-21-19-27)42-38(41-36)31-15-9-14-30(22-31)34-25-43(32-16-5-2-6-17-32)35-24-29-13-8-7-12-28(29)23-33(34)35/h1-25H. The van der Waals surface area contributed by atoms with Crippen LogP contribution >= 0.6 is 0 Å². The van der Waals surface area contributed by atoms with E-state index in [0.29, 0.717) is 17.5 Å². The quantitative estimate of drug-likeness (QED) is 0.214. The van der Waals surface area contributed by atoms with E-state index < -0.39 is 0 Å². The van der Waals surface area contributed by atoms with Crippen molar-refractivity contribution in [2.24, 2.45) is 0 Å². The third-order valence-corrected chi connectivity index (χ3v) is 7.74. The maximum Gasteiger partial charge on any atom is 0.164 e. The Balaban J connectivity index is 1.32. The lowest BCUT2D eigenvalue weighted by Gasteiger charge is -2.09. The second-order valence-corrected chi connectivity index (χ2v) is 10.5. The number of hydrogen-bond donors (Lipinski definition) is 0. The first-order chi connectivity index (χ1) is 21.3. The van der Waals surface area contributed by atoms with Crippen LogP contribution in [-0.2, 0) is 0 Å². The molecule has 0 aliphatic rings. The number of fused-ring (bicyclic) bond motifs is 2. The molecule has 0 bridgehead atoms. The Morgan fingerprint density at radius 1 is 0.442 bits per heavy atom. The molecular weight excluding hydrogens is 526 g/mol. The predicted molar refractivity (Wildman–Crippen MR) is 174 cm³/mol. The van der Waals surface area contributed by atoms with Gasteiger partial charge in [-0.2, -0.15) is 0 Å². The Morgan fingerprint density at radius 3 is 1.72 bits per heavy atom. The van der Waals surface area contributed by atoms with Crippen LogP contribution in [0.5, 0.6) is 0 Å². The van der Waals surface area contributed by atoms with Crippen LogP contribution in [0.1, 0.15) is 0 Å². The van der Waals surface area contributed by atoms with Gasteiger partial charge in [-0.1, -0.05) is 91.0 Å². The van der Waals surface area contributed by atoms with Crippen LogP contribution in [-0.4, -0.2) is 24.5 Å². The van der Waals surface area contributed by atoms with Gasteiger partial charge in [-0.15, -0.1) is 0 Å². The second-order valence-electron chi connectivity index (χ2n) is 10.5. The van der Waals surface area contributed by atoms with Gasteiger partial charge in [0.2, 0.25) is 0 Å². The summed E-state index contributed by atoms with van der Waals surface area (Å²) in [4.78, 5) is 18.9. The van der Waals surface area contributed by atoms with E-state index in [1.54, 1.807) is 12.4 Å². The molecule has 3 aromatic heterocycles. The van der Waals surface area contributed by atoms with E-state index >= 15 is 0 Å². The molecule has 5 heteroatoms. The predicted octanol–water partition coefficient (Wildman–Crippen LogP) is 9.03. The van der Waals surface area contributed by atoms with Crippen LogP contribution in [0.4, 0.5) is 0 Å². The maximum absolute atomic E-state index is 4.95. The highest BCUT2D eigenvalue weighted by atomic mass is 15.0. The third-order valence-electron chi connectivity index (χ3n) is 7.74. The van der Waals surface area contributed by atoms with E-state index in [-0.39, 0.29) is 0 Å². The maximum atomic E-state index is 4.95. The molecule has 0 N–H and O–H groups in total. The fourth-order valence-electron chi connectivity index (χ4n) is 5.62. The van der Waals surface area contributed by atoms with Crippen LogP contribution in [0.15, 0.2) is 152 Å². The summed E-state index contributed by atoms with van der Waals surface area (Å²) in [6.45, 7) is 0. The Labute approximate surface area is 248 Å². The first-order valence-corrected chi connectivity index (χ1v) is 14.2. The van der Waals surface area contributed by atoms with Gasteiger partial charge in [-0.3, -0.25) is 4.98 Å². The number of nitrogens with zero attached hydrogens (tertiary/aromatic N) is 5. The van der Waals surface area contributed by atoms with Gasteiger partial charge in [0.1, 0.15) is 0 Å². The summed E-state index contributed by atoms with van der Waals surface area (Å²) in [5, 5.41) is 3.62. The summed E-state index contributed by atoms with van der Waals surface area (Å²) in [6.07, 6.45) is 5.75. The average Bonchev–Trinajstić information content (AvgIpc) is 3.46. The number of hydrogen-bond acceptors (Lipinski definition) is 4. The fourth-order valence-corrected chi connectivity index (χ4v) is 5.62. The molecule has 0 saturated carbocycles. The van der Waals surface area contributed by atoms with Gasteiger partial charge >= 0.3 is 0 Å². The van der Waals surface area contributed by atoms with Gasteiger partial charge in [0.05, 0.1) is 5.52 Å². The first-order valence-electron chi connectivity index (χ1n) is 14.2. The fraction of sp³-hybridized carbons (Fsp3) is 0. The lowest BCUT2D eigenvalue weighted by atomic mass is 10.00. The van der Waals surface area contributed by atoms with E-state index in [9.17, 15) is 0 Å². The third kappa shape index (κ3) is 4.63. The van der Waals surface area contributed by atoms with Gasteiger partial charge in [0.15, 0.2) is 17.5 Å². The lowest BCUT2D eigenvalue weighted by Crippen LogP contribution is -2.00. The van der Waals surface area contributed by atoms with Crippen LogP contribution in [0.25, 0.3) is 72.7 Å². The molecule has 43 heavy (non-hydrogen) atoms. The highest BCUT2D eigenvalue weighted by Crippen LogP contribution is 2.37. The lowest BCUT2D eigenvalue weighted by molar-refractivity contribution is 1.07. The first kappa shape index (κ1) is 24.8. The van der Waals surface area contributed by atoms with E-state index in [1.807, 2.05) is 48.5 Å². The van der Waals surface area contributed by atoms with Gasteiger partial charge in [0, 0.05) is 51.9 Å². The molecule has 0 radical (unpaired) electrons. The minimum atomic E-state index is 0.615. The monoisotopic (exact) mass is 551 g/mol. The van der Waals surface area contributed by atoms with Crippen LogP contribution in [0.2, 0.25) is 0 Å². The van der Waals surface area contributed by atoms with Crippen molar-refractivity contribution in [3.05, 3.63) is 152 Å². The number of rotatable bonds is 5. The van der Waals surface area contributed by atoms with E-state index in [2.05, 4.69) is 101 Å². The van der Waals surface area contributed by atoms with Crippen molar-refractivity contribution < 1.29 is 0 Å². The van der Waals surface area contributed by atoms with E-state index in [0.717, 1.165) is 39.0 Å². The molecule has 0 spiro atoms. The summed E-state index contributed by atoms with van der Waals surface area (Å²) < 4.78 is 2.28. The number of aromatic nitrogens is 5. The van der Waals surface area contributed by atoms with Crippen molar-refractivity contribution >= 4 is 21.7 Å². The molecule has 5 aromatic carbocycles. The zero-order valence-electron chi connectivity index (χ0n) is 23.2. The topological polar surface area (TPSA) is 56.5 Å². The number of benzene rings is 5. The number of para-hydroxylation sites is 1. The summed E-state index contributed by atoms with van der Waals surface area (Å²) in [5.74, 6) is 1.87. The molecule has 0 aliphatic heterocycles. The molecule has 0 atom stereocenters. The van der Waals surface area contributed by atoms with Crippen LogP contribution in [0, 0.1) is 0 Å². The summed E-state index contributed by atoms with van der Waals surface area (Å²) in [6, 6.07) is 46.0. The van der Waals surface area contributed by atoms with Gasteiger partial charge in [0.25, 0.3) is 0 Å². The van der Waals surface area contributed by atoms with E-state index in [4.69, 9.17) is 15.0 Å². The highest BCUT2D eigenvalue weighted by molar-refractivity contribution is 6.05. The minimum absolute atomic E-state index is 0.615. The summed E-state index contributed by atoms with van der Waals surface area (Å²) in [7, 11) is 0. The smallest absolute Gasteiger partial charge is 0.164 e. The Hall–Kier alpha value is -5.94. The van der Waals surface area contributed by atoms with Crippen molar-refractivity contribution in [3.8, 4) is 51.0 Å². The van der Waals surface area contributed by atoms with Crippen molar-refractivity contribution in [3.63, 3.8) is 0 Å². The van der Waals surface area contributed by atoms with E-state index in [1.165, 1.54) is 16.2 Å². The van der Waals surface area contributed by atoms with Crippen molar-refractivity contribution in [2.75, 3.05) is 0 Å². The zero-order chi connectivity index (χ0) is 28.6. The Bertz CT molecular complexity index is 2170. The van der Waals surface area contributed by atoms with Gasteiger partial charge in [-0.25, -0.2) is 15.0 Å². The highest BCUT2D eigenvalue weighted by Gasteiger charge is 2.16. The molecule has 8 rings (SSSR count). The zero-order valence-corrected chi connectivity index (χ0v) is 23.2. The average molecular weight is 552 g/mol. The molecular formula is C38H25N5. The molecule has 3 heterocycles. The second kappa shape index (κ2) is 10.5. The molecule has 0 fully saturated rings. The summed E-state index contributed by atoms with van der Waals surface area (Å²) in [5.41, 5.74) is 7.29. The van der Waals surface area contributed by atoms with Gasteiger partial charge in [-0.05, 0) is 58.8 Å². The molecule has 5 nitrogen and oxygen atoms in total. The van der Waals surface area contributed by atoms with Crippen molar-refractivity contribution in [2.45, 2.75) is 0 Å². The minimum Gasteiger partial charge on any atom is -0.316 e. The SMILES string of the molecule is c1ccc(-c2nc(-c3ccncc3)nc(-c3cccc(-c4cn(-c5ccccc5)c5cc6ccccc6cc45)c3)n2)cc1.